The predicted molar refractivity (Wildman–Crippen MR) is 77.3 cm³/mol. The number of benzene rings is 1. The van der Waals surface area contributed by atoms with Crippen LogP contribution in [0.25, 0.3) is 0 Å². The minimum atomic E-state index is -3.64. The summed E-state index contributed by atoms with van der Waals surface area (Å²) in [5, 5.41) is 13.4. The minimum absolute atomic E-state index is 0.0104. The second-order valence-corrected chi connectivity index (χ2v) is 6.53. The van der Waals surface area contributed by atoms with Crippen LogP contribution in [-0.4, -0.2) is 26.9 Å². The van der Waals surface area contributed by atoms with Gasteiger partial charge < -0.3 is 5.32 Å². The Hall–Kier alpha value is -1.67. The highest BCUT2D eigenvalue weighted by Gasteiger charge is 2.19. The lowest BCUT2D eigenvalue weighted by molar-refractivity contribution is -0.384. The van der Waals surface area contributed by atoms with Crippen LogP contribution in [0.15, 0.2) is 23.1 Å². The molecule has 0 amide bonds. The molecule has 0 aliphatic rings. The van der Waals surface area contributed by atoms with Gasteiger partial charge >= 0.3 is 0 Å². The third kappa shape index (κ3) is 4.17. The van der Waals surface area contributed by atoms with E-state index in [-0.39, 0.29) is 16.3 Å². The van der Waals surface area contributed by atoms with E-state index in [1.54, 1.807) is 0 Å². The Morgan fingerprint density at radius 3 is 2.50 bits per heavy atom. The van der Waals surface area contributed by atoms with Crippen LogP contribution in [0.5, 0.6) is 0 Å². The summed E-state index contributed by atoms with van der Waals surface area (Å²) in [4.78, 5) is 10.2. The maximum absolute atomic E-state index is 12.1. The maximum atomic E-state index is 12.1. The molecule has 0 unspecified atom stereocenters. The molecule has 1 aromatic rings. The van der Waals surface area contributed by atoms with Crippen molar-refractivity contribution in [3.05, 3.63) is 28.3 Å². The maximum Gasteiger partial charge on any atom is 0.292 e. The van der Waals surface area contributed by atoms with E-state index in [9.17, 15) is 18.5 Å². The van der Waals surface area contributed by atoms with E-state index in [4.69, 9.17) is 0 Å². The van der Waals surface area contributed by atoms with Crippen LogP contribution in [-0.2, 0) is 10.0 Å². The zero-order chi connectivity index (χ0) is 15.3. The molecule has 0 saturated carbocycles. The van der Waals surface area contributed by atoms with Crippen LogP contribution >= 0.6 is 0 Å². The first-order valence-electron chi connectivity index (χ1n) is 6.23. The Morgan fingerprint density at radius 1 is 1.35 bits per heavy atom. The highest BCUT2D eigenvalue weighted by Crippen LogP contribution is 2.26. The largest absolute Gasteiger partial charge is 0.383 e. The van der Waals surface area contributed by atoms with Crippen molar-refractivity contribution in [2.45, 2.75) is 25.2 Å². The quantitative estimate of drug-likeness (QED) is 0.592. The van der Waals surface area contributed by atoms with Crippen LogP contribution in [0.3, 0.4) is 0 Å². The number of nitro benzene ring substituents is 1. The van der Waals surface area contributed by atoms with Gasteiger partial charge in [-0.2, -0.15) is 0 Å². The lowest BCUT2D eigenvalue weighted by Crippen LogP contribution is -2.25. The first kappa shape index (κ1) is 16.4. The van der Waals surface area contributed by atoms with E-state index in [0.717, 1.165) is 6.42 Å². The lowest BCUT2D eigenvalue weighted by atomic mass is 10.1. The lowest BCUT2D eigenvalue weighted by Gasteiger charge is -2.09. The molecule has 8 heteroatoms. The van der Waals surface area contributed by atoms with Crippen molar-refractivity contribution in [1.82, 2.24) is 4.72 Å². The number of rotatable bonds is 7. The Labute approximate surface area is 118 Å². The van der Waals surface area contributed by atoms with Gasteiger partial charge in [-0.1, -0.05) is 13.8 Å². The second-order valence-electron chi connectivity index (χ2n) is 4.77. The molecule has 20 heavy (non-hydrogen) atoms. The third-order valence-electron chi connectivity index (χ3n) is 2.76. The number of nitrogens with one attached hydrogen (secondary N) is 2. The monoisotopic (exact) mass is 301 g/mol. The molecule has 0 radical (unpaired) electrons. The van der Waals surface area contributed by atoms with Gasteiger partial charge in [-0.05, 0) is 24.5 Å². The van der Waals surface area contributed by atoms with Gasteiger partial charge in [0.15, 0.2) is 0 Å². The van der Waals surface area contributed by atoms with Gasteiger partial charge in [0.25, 0.3) is 5.69 Å². The molecule has 0 fully saturated rings. The number of anilines is 1. The average Bonchev–Trinajstić information content (AvgIpc) is 2.37. The smallest absolute Gasteiger partial charge is 0.292 e. The summed E-state index contributed by atoms with van der Waals surface area (Å²) in [6.07, 6.45) is 0.727. The highest BCUT2D eigenvalue weighted by molar-refractivity contribution is 7.89. The molecule has 0 atom stereocenters. The van der Waals surface area contributed by atoms with Crippen molar-refractivity contribution in [3.63, 3.8) is 0 Å². The number of sulfonamides is 1. The van der Waals surface area contributed by atoms with Crippen LogP contribution in [0.1, 0.15) is 20.3 Å². The van der Waals surface area contributed by atoms with E-state index >= 15 is 0 Å². The van der Waals surface area contributed by atoms with Crippen molar-refractivity contribution < 1.29 is 13.3 Å². The fourth-order valence-corrected chi connectivity index (χ4v) is 2.68. The first-order chi connectivity index (χ1) is 9.27. The predicted octanol–water partition coefficient (Wildman–Crippen LogP) is 1.96. The number of nitrogens with zero attached hydrogens (tertiary/aromatic N) is 1. The summed E-state index contributed by atoms with van der Waals surface area (Å²) in [5.74, 6) is 0.391. The minimum Gasteiger partial charge on any atom is -0.383 e. The average molecular weight is 301 g/mol. The van der Waals surface area contributed by atoms with E-state index in [2.05, 4.69) is 10.0 Å². The highest BCUT2D eigenvalue weighted by atomic mass is 32.2. The Balaban J connectivity index is 2.98. The molecule has 7 nitrogen and oxygen atoms in total. The van der Waals surface area contributed by atoms with Gasteiger partial charge in [0, 0.05) is 19.7 Å². The molecule has 0 aliphatic heterocycles. The van der Waals surface area contributed by atoms with E-state index in [1.165, 1.54) is 25.2 Å². The zero-order valence-electron chi connectivity index (χ0n) is 11.7. The van der Waals surface area contributed by atoms with Crippen LogP contribution in [0, 0.1) is 16.0 Å². The van der Waals surface area contributed by atoms with Crippen molar-refractivity contribution in [2.24, 2.45) is 5.92 Å². The molecule has 1 aromatic carbocycles. The van der Waals surface area contributed by atoms with E-state index in [1.807, 2.05) is 13.8 Å². The summed E-state index contributed by atoms with van der Waals surface area (Å²) in [5.41, 5.74) is 0.00960. The topological polar surface area (TPSA) is 101 Å². The van der Waals surface area contributed by atoms with E-state index < -0.39 is 14.9 Å². The summed E-state index contributed by atoms with van der Waals surface area (Å²) in [6, 6.07) is 3.68. The van der Waals surface area contributed by atoms with Crippen molar-refractivity contribution >= 4 is 21.4 Å². The Kier molecular flexibility index (Phi) is 5.46. The molecular weight excluding hydrogens is 282 g/mol. The standard InChI is InChI=1S/C12H19N3O4S/c1-9(2)6-7-14-20(18,19)10-4-5-12(15(16)17)11(8-10)13-3/h4-5,8-9,13-14H,6-7H2,1-3H3. The normalized spacial score (nSPS) is 11.6. The summed E-state index contributed by atoms with van der Waals surface area (Å²) >= 11 is 0. The van der Waals surface area contributed by atoms with Gasteiger partial charge in [0.05, 0.1) is 9.82 Å². The van der Waals surface area contributed by atoms with Gasteiger partial charge in [-0.3, -0.25) is 10.1 Å². The van der Waals surface area contributed by atoms with Gasteiger partial charge in [0.2, 0.25) is 10.0 Å². The SMILES string of the molecule is CNc1cc(S(=O)(=O)NCCC(C)C)ccc1[N+](=O)[O-]. The van der Waals surface area contributed by atoms with Gasteiger partial charge in [-0.25, -0.2) is 13.1 Å². The molecule has 0 saturated heterocycles. The summed E-state index contributed by atoms with van der Waals surface area (Å²) < 4.78 is 26.6. The van der Waals surface area contributed by atoms with Crippen molar-refractivity contribution in [3.8, 4) is 0 Å². The van der Waals surface area contributed by atoms with Crippen LogP contribution in [0.2, 0.25) is 0 Å². The molecule has 0 bridgehead atoms. The second kappa shape index (κ2) is 6.67. The third-order valence-corrected chi connectivity index (χ3v) is 4.22. The molecule has 1 rings (SSSR count). The zero-order valence-corrected chi connectivity index (χ0v) is 12.5. The summed E-state index contributed by atoms with van der Waals surface area (Å²) in [7, 11) is -2.14. The number of hydrogen-bond donors (Lipinski definition) is 2. The molecule has 112 valence electrons. The molecule has 0 aromatic heterocycles. The molecule has 0 aliphatic carbocycles. The van der Waals surface area contributed by atoms with Gasteiger partial charge in [0.1, 0.15) is 5.69 Å². The molecular formula is C12H19N3O4S. The van der Waals surface area contributed by atoms with Crippen molar-refractivity contribution in [2.75, 3.05) is 18.9 Å². The summed E-state index contributed by atoms with van der Waals surface area (Å²) in [6.45, 7) is 4.34. The van der Waals surface area contributed by atoms with Crippen LogP contribution in [0.4, 0.5) is 11.4 Å². The molecule has 0 heterocycles. The number of nitro groups is 1. The Bertz CT molecular complexity index is 584. The van der Waals surface area contributed by atoms with E-state index in [0.29, 0.717) is 12.5 Å². The molecule has 2 N–H and O–H groups in total. The van der Waals surface area contributed by atoms with Crippen LogP contribution < -0.4 is 10.0 Å². The fraction of sp³-hybridized carbons (Fsp3) is 0.500. The fourth-order valence-electron chi connectivity index (χ4n) is 1.61. The van der Waals surface area contributed by atoms with Crippen molar-refractivity contribution in [1.29, 1.82) is 0 Å². The number of hydrogen-bond acceptors (Lipinski definition) is 5. The Morgan fingerprint density at radius 2 is 2.00 bits per heavy atom. The molecule has 0 spiro atoms. The first-order valence-corrected chi connectivity index (χ1v) is 7.72. The van der Waals surface area contributed by atoms with Gasteiger partial charge in [-0.15, -0.1) is 0 Å².